The smallest absolute Gasteiger partial charge is 0.434 e. The zero-order valence-electron chi connectivity index (χ0n) is 18.2. The standard InChI is InChI=1S/C24H28N2O5/c1-5-30-23(29)31-20-12-8-18(9-13-20)22(28)25-16-17-6-10-19(11-7-17)26-21(27)14-15-24(2,3)4/h6-15H,5,16H2,1-4H3,(H,25,28)(H,26,27)/b15-14+. The van der Waals surface area contributed by atoms with Gasteiger partial charge in [-0.2, -0.15) is 0 Å². The molecule has 2 rings (SSSR count). The number of anilines is 1. The molecule has 0 aliphatic carbocycles. The van der Waals surface area contributed by atoms with Crippen molar-refractivity contribution < 1.29 is 23.9 Å². The van der Waals surface area contributed by atoms with Gasteiger partial charge in [-0.25, -0.2) is 4.79 Å². The Labute approximate surface area is 182 Å². The Kier molecular flexibility index (Phi) is 8.37. The average Bonchev–Trinajstić information content (AvgIpc) is 2.72. The van der Waals surface area contributed by atoms with Gasteiger partial charge in [-0.05, 0) is 60.4 Å². The molecule has 0 aromatic heterocycles. The van der Waals surface area contributed by atoms with Crippen LogP contribution >= 0.6 is 0 Å². The van der Waals surface area contributed by atoms with Crippen LogP contribution in [0.3, 0.4) is 0 Å². The Morgan fingerprint density at radius 3 is 2.19 bits per heavy atom. The average molecular weight is 424 g/mol. The number of carbonyl (C=O) groups excluding carboxylic acids is 3. The van der Waals surface area contributed by atoms with Gasteiger partial charge in [0.25, 0.3) is 5.91 Å². The van der Waals surface area contributed by atoms with Crippen LogP contribution in [-0.4, -0.2) is 24.6 Å². The van der Waals surface area contributed by atoms with Crippen molar-refractivity contribution in [1.29, 1.82) is 0 Å². The zero-order valence-corrected chi connectivity index (χ0v) is 18.2. The fourth-order valence-corrected chi connectivity index (χ4v) is 2.42. The van der Waals surface area contributed by atoms with E-state index in [4.69, 9.17) is 9.47 Å². The Morgan fingerprint density at radius 2 is 1.61 bits per heavy atom. The molecule has 7 heteroatoms. The largest absolute Gasteiger partial charge is 0.513 e. The molecule has 0 unspecified atom stereocenters. The summed E-state index contributed by atoms with van der Waals surface area (Å²) in [6, 6.07) is 13.4. The number of hydrogen-bond acceptors (Lipinski definition) is 5. The van der Waals surface area contributed by atoms with Crippen molar-refractivity contribution in [3.8, 4) is 5.75 Å². The molecular weight excluding hydrogens is 396 g/mol. The van der Waals surface area contributed by atoms with E-state index in [1.807, 2.05) is 39.0 Å². The topological polar surface area (TPSA) is 93.7 Å². The van der Waals surface area contributed by atoms with Gasteiger partial charge in [0.1, 0.15) is 5.75 Å². The molecule has 31 heavy (non-hydrogen) atoms. The lowest BCUT2D eigenvalue weighted by molar-refractivity contribution is -0.112. The normalized spacial score (nSPS) is 11.1. The molecule has 0 bridgehead atoms. The van der Waals surface area contributed by atoms with Crippen molar-refractivity contribution in [2.45, 2.75) is 34.2 Å². The van der Waals surface area contributed by atoms with Gasteiger partial charge >= 0.3 is 6.16 Å². The summed E-state index contributed by atoms with van der Waals surface area (Å²) in [5, 5.41) is 5.62. The first-order chi connectivity index (χ1) is 14.7. The molecule has 0 saturated carbocycles. The molecule has 0 spiro atoms. The summed E-state index contributed by atoms with van der Waals surface area (Å²) in [6.45, 7) is 8.30. The van der Waals surface area contributed by atoms with Crippen molar-refractivity contribution in [1.82, 2.24) is 5.32 Å². The second kappa shape index (κ2) is 11.0. The lowest BCUT2D eigenvalue weighted by Crippen LogP contribution is -2.22. The van der Waals surface area contributed by atoms with Crippen LogP contribution in [0.15, 0.2) is 60.7 Å². The summed E-state index contributed by atoms with van der Waals surface area (Å²) in [5.41, 5.74) is 1.94. The van der Waals surface area contributed by atoms with E-state index in [0.29, 0.717) is 23.5 Å². The summed E-state index contributed by atoms with van der Waals surface area (Å²) in [7, 11) is 0. The molecule has 0 saturated heterocycles. The zero-order chi connectivity index (χ0) is 22.9. The minimum Gasteiger partial charge on any atom is -0.434 e. The number of ether oxygens (including phenoxy) is 2. The number of allylic oxidation sites excluding steroid dienone is 1. The van der Waals surface area contributed by atoms with E-state index in [1.54, 1.807) is 31.2 Å². The lowest BCUT2D eigenvalue weighted by Gasteiger charge is -2.11. The number of amides is 2. The van der Waals surface area contributed by atoms with Crippen LogP contribution in [0.1, 0.15) is 43.6 Å². The first-order valence-electron chi connectivity index (χ1n) is 9.98. The molecule has 2 N–H and O–H groups in total. The minimum atomic E-state index is -0.787. The first-order valence-corrected chi connectivity index (χ1v) is 9.98. The predicted octanol–water partition coefficient (Wildman–Crippen LogP) is 4.69. The van der Waals surface area contributed by atoms with Gasteiger partial charge < -0.3 is 20.1 Å². The van der Waals surface area contributed by atoms with Crippen LogP contribution in [0.2, 0.25) is 0 Å². The summed E-state index contributed by atoms with van der Waals surface area (Å²) in [5.74, 6) is -0.149. The predicted molar refractivity (Wildman–Crippen MR) is 119 cm³/mol. The SMILES string of the molecule is CCOC(=O)Oc1ccc(C(=O)NCc2ccc(NC(=O)/C=C/C(C)(C)C)cc2)cc1. The van der Waals surface area contributed by atoms with Gasteiger partial charge in [0.15, 0.2) is 0 Å². The molecule has 0 aliphatic heterocycles. The molecule has 2 aromatic rings. The van der Waals surface area contributed by atoms with E-state index in [2.05, 4.69) is 10.6 Å². The van der Waals surface area contributed by atoms with Crippen LogP contribution < -0.4 is 15.4 Å². The highest BCUT2D eigenvalue weighted by Gasteiger charge is 2.09. The Balaban J connectivity index is 1.84. The van der Waals surface area contributed by atoms with Gasteiger partial charge in [-0.3, -0.25) is 9.59 Å². The van der Waals surface area contributed by atoms with Gasteiger partial charge in [-0.15, -0.1) is 0 Å². The van der Waals surface area contributed by atoms with Crippen LogP contribution in [0.5, 0.6) is 5.75 Å². The van der Waals surface area contributed by atoms with E-state index in [-0.39, 0.29) is 23.8 Å². The minimum absolute atomic E-state index is 0.0619. The van der Waals surface area contributed by atoms with Crippen molar-refractivity contribution in [3.63, 3.8) is 0 Å². The van der Waals surface area contributed by atoms with Gasteiger partial charge in [0.05, 0.1) is 6.61 Å². The van der Waals surface area contributed by atoms with E-state index in [0.717, 1.165) is 5.56 Å². The molecule has 0 aliphatic rings. The third-order valence-corrected chi connectivity index (χ3v) is 3.99. The van der Waals surface area contributed by atoms with Gasteiger partial charge in [-0.1, -0.05) is 39.0 Å². The van der Waals surface area contributed by atoms with Crippen molar-refractivity contribution in [2.75, 3.05) is 11.9 Å². The van der Waals surface area contributed by atoms with Crippen LogP contribution in [0, 0.1) is 5.41 Å². The molecule has 2 amide bonds. The molecule has 7 nitrogen and oxygen atoms in total. The summed E-state index contributed by atoms with van der Waals surface area (Å²) in [4.78, 5) is 35.5. The highest BCUT2D eigenvalue weighted by molar-refractivity contribution is 5.99. The highest BCUT2D eigenvalue weighted by atomic mass is 16.7. The lowest BCUT2D eigenvalue weighted by atomic mass is 9.96. The van der Waals surface area contributed by atoms with E-state index in [9.17, 15) is 14.4 Å². The molecule has 164 valence electrons. The summed E-state index contributed by atoms with van der Waals surface area (Å²) >= 11 is 0. The quantitative estimate of drug-likeness (QED) is 0.382. The van der Waals surface area contributed by atoms with Crippen molar-refractivity contribution in [3.05, 3.63) is 71.8 Å². The number of nitrogens with one attached hydrogen (secondary N) is 2. The Hall–Kier alpha value is -3.61. The number of benzene rings is 2. The first kappa shape index (κ1) is 23.7. The fraction of sp³-hybridized carbons (Fsp3) is 0.292. The fourth-order valence-electron chi connectivity index (χ4n) is 2.42. The Bertz CT molecular complexity index is 926. The summed E-state index contributed by atoms with van der Waals surface area (Å²) in [6.07, 6.45) is 2.59. The third kappa shape index (κ3) is 8.74. The summed E-state index contributed by atoms with van der Waals surface area (Å²) < 4.78 is 9.66. The van der Waals surface area contributed by atoms with Gasteiger partial charge in [0, 0.05) is 17.8 Å². The molecule has 0 fully saturated rings. The maximum atomic E-state index is 12.3. The van der Waals surface area contributed by atoms with Crippen molar-refractivity contribution >= 4 is 23.7 Å². The van der Waals surface area contributed by atoms with E-state index in [1.165, 1.54) is 18.2 Å². The third-order valence-electron chi connectivity index (χ3n) is 3.99. The molecule has 0 atom stereocenters. The number of carbonyl (C=O) groups is 3. The van der Waals surface area contributed by atoms with E-state index < -0.39 is 6.16 Å². The van der Waals surface area contributed by atoms with Crippen LogP contribution in [-0.2, 0) is 16.1 Å². The highest BCUT2D eigenvalue weighted by Crippen LogP contribution is 2.16. The Morgan fingerprint density at radius 1 is 0.968 bits per heavy atom. The second-order valence-corrected chi connectivity index (χ2v) is 7.88. The van der Waals surface area contributed by atoms with Crippen molar-refractivity contribution in [2.24, 2.45) is 5.41 Å². The monoisotopic (exact) mass is 424 g/mol. The van der Waals surface area contributed by atoms with E-state index >= 15 is 0 Å². The van der Waals surface area contributed by atoms with Crippen LogP contribution in [0.4, 0.5) is 10.5 Å². The maximum Gasteiger partial charge on any atom is 0.513 e. The second-order valence-electron chi connectivity index (χ2n) is 7.88. The molecule has 2 aromatic carbocycles. The molecule has 0 radical (unpaired) electrons. The van der Waals surface area contributed by atoms with Crippen LogP contribution in [0.25, 0.3) is 0 Å². The maximum absolute atomic E-state index is 12.3. The number of hydrogen-bond donors (Lipinski definition) is 2. The number of rotatable bonds is 7. The molecule has 0 heterocycles. The molecular formula is C24H28N2O5. The van der Waals surface area contributed by atoms with Gasteiger partial charge in [0.2, 0.25) is 5.91 Å².